The van der Waals surface area contributed by atoms with E-state index in [4.69, 9.17) is 0 Å². The van der Waals surface area contributed by atoms with Crippen LogP contribution in [0, 0.1) is 5.41 Å². The molecule has 0 fully saturated rings. The molecule has 0 radical (unpaired) electrons. The minimum absolute atomic E-state index is 0.0171. The van der Waals surface area contributed by atoms with Crippen LogP contribution in [0.3, 0.4) is 0 Å². The Morgan fingerprint density at radius 3 is 2.70 bits per heavy atom. The van der Waals surface area contributed by atoms with E-state index in [0.717, 1.165) is 28.9 Å². The minimum Gasteiger partial charge on any atom is -0.358 e. The number of nitrogens with zero attached hydrogens (tertiary/aromatic N) is 1. The summed E-state index contributed by atoms with van der Waals surface area (Å²) >= 11 is 0. The van der Waals surface area contributed by atoms with Gasteiger partial charge in [-0.15, -0.1) is 0 Å². The lowest BCUT2D eigenvalue weighted by atomic mass is 9.68. The van der Waals surface area contributed by atoms with Gasteiger partial charge in [-0.05, 0) is 45.9 Å². The van der Waals surface area contributed by atoms with Gasteiger partial charge >= 0.3 is 0 Å². The topological polar surface area (TPSA) is 42.0 Å². The average molecular weight is 354 g/mol. The van der Waals surface area contributed by atoms with Crippen LogP contribution in [0.5, 0.6) is 0 Å². The van der Waals surface area contributed by atoms with Crippen LogP contribution in [-0.4, -0.2) is 10.8 Å². The summed E-state index contributed by atoms with van der Waals surface area (Å²) in [5.74, 6) is 0.181. The Balaban J connectivity index is 1.82. The third-order valence-corrected chi connectivity index (χ3v) is 5.77. The van der Waals surface area contributed by atoms with Gasteiger partial charge < -0.3 is 5.32 Å². The minimum atomic E-state index is -0.0698. The number of pyridine rings is 1. The molecule has 0 saturated heterocycles. The second-order valence-electron chi connectivity index (χ2n) is 8.43. The van der Waals surface area contributed by atoms with E-state index in [1.165, 1.54) is 16.3 Å². The van der Waals surface area contributed by atoms with E-state index >= 15 is 0 Å². The highest BCUT2D eigenvalue weighted by atomic mass is 16.1. The zero-order valence-corrected chi connectivity index (χ0v) is 15.6. The van der Waals surface area contributed by atoms with E-state index in [1.54, 1.807) is 6.20 Å². The van der Waals surface area contributed by atoms with Crippen LogP contribution in [0.15, 0.2) is 72.2 Å². The van der Waals surface area contributed by atoms with Crippen molar-refractivity contribution in [1.82, 2.24) is 4.98 Å². The van der Waals surface area contributed by atoms with Gasteiger partial charge in [-0.25, -0.2) is 0 Å². The van der Waals surface area contributed by atoms with Crippen LogP contribution in [-0.2, 0) is 4.79 Å². The second-order valence-corrected chi connectivity index (χ2v) is 8.43. The Morgan fingerprint density at radius 2 is 1.89 bits per heavy atom. The molecule has 1 aliphatic carbocycles. The molecule has 2 heterocycles. The molecule has 1 atom stereocenters. The first-order valence-electron chi connectivity index (χ1n) is 9.48. The predicted octanol–water partition coefficient (Wildman–Crippen LogP) is 5.44. The number of hydrogen-bond acceptors (Lipinski definition) is 3. The normalized spacial score (nSPS) is 20.8. The van der Waals surface area contributed by atoms with Crippen molar-refractivity contribution in [1.29, 1.82) is 0 Å². The largest absolute Gasteiger partial charge is 0.358 e. The molecule has 1 N–H and O–H groups in total. The lowest BCUT2D eigenvalue weighted by Gasteiger charge is -2.39. The smallest absolute Gasteiger partial charge is 0.162 e. The van der Waals surface area contributed by atoms with Gasteiger partial charge in [0.2, 0.25) is 0 Å². The van der Waals surface area contributed by atoms with Crippen molar-refractivity contribution in [2.75, 3.05) is 5.32 Å². The molecule has 1 aliphatic heterocycles. The first-order chi connectivity index (χ1) is 13.0. The molecule has 27 heavy (non-hydrogen) atoms. The maximum Gasteiger partial charge on any atom is 0.162 e. The molecule has 5 rings (SSSR count). The fourth-order valence-electron chi connectivity index (χ4n) is 4.68. The van der Waals surface area contributed by atoms with Gasteiger partial charge in [-0.2, -0.15) is 0 Å². The van der Waals surface area contributed by atoms with E-state index in [2.05, 4.69) is 66.6 Å². The molecule has 134 valence electrons. The highest BCUT2D eigenvalue weighted by Gasteiger charge is 2.41. The van der Waals surface area contributed by atoms with Crippen LogP contribution in [0.1, 0.15) is 43.7 Å². The molecule has 0 amide bonds. The van der Waals surface area contributed by atoms with Crippen molar-refractivity contribution in [2.24, 2.45) is 5.41 Å². The van der Waals surface area contributed by atoms with Gasteiger partial charge in [0.25, 0.3) is 0 Å². The molecule has 3 aromatic rings. The SMILES string of the molecule is CC1(C)CC(=O)C2=C(C1)Nc1ccc3ccccc3c1C2c1cccnc1. The lowest BCUT2D eigenvalue weighted by molar-refractivity contribution is -0.118. The highest BCUT2D eigenvalue weighted by Crippen LogP contribution is 2.50. The summed E-state index contributed by atoms with van der Waals surface area (Å²) in [6, 6.07) is 16.8. The van der Waals surface area contributed by atoms with Gasteiger partial charge in [0.15, 0.2) is 5.78 Å². The summed E-state index contributed by atoms with van der Waals surface area (Å²) < 4.78 is 0. The van der Waals surface area contributed by atoms with Crippen LogP contribution >= 0.6 is 0 Å². The Labute approximate surface area is 159 Å². The number of carbonyl (C=O) groups is 1. The summed E-state index contributed by atoms with van der Waals surface area (Å²) in [5, 5.41) is 6.00. The van der Waals surface area contributed by atoms with Gasteiger partial charge in [-0.3, -0.25) is 9.78 Å². The molecule has 3 heteroatoms. The number of anilines is 1. The monoisotopic (exact) mass is 354 g/mol. The van der Waals surface area contributed by atoms with E-state index in [1.807, 2.05) is 12.3 Å². The summed E-state index contributed by atoms with van der Waals surface area (Å²) in [5.41, 5.74) is 5.35. The number of nitrogens with one attached hydrogen (secondary N) is 1. The first kappa shape index (κ1) is 16.2. The number of benzene rings is 2. The Hall–Kier alpha value is -2.94. The molecule has 1 aromatic heterocycles. The van der Waals surface area contributed by atoms with Crippen LogP contribution in [0.25, 0.3) is 10.8 Å². The number of rotatable bonds is 1. The maximum absolute atomic E-state index is 13.3. The summed E-state index contributed by atoms with van der Waals surface area (Å²) in [7, 11) is 0. The molecule has 2 aromatic carbocycles. The number of Topliss-reactive ketones (excluding diaryl/α,β-unsaturated/α-hetero) is 1. The van der Waals surface area contributed by atoms with E-state index in [9.17, 15) is 4.79 Å². The molecular weight excluding hydrogens is 332 g/mol. The Bertz CT molecular complexity index is 1100. The first-order valence-corrected chi connectivity index (χ1v) is 9.48. The fraction of sp³-hybridized carbons (Fsp3) is 0.250. The third kappa shape index (κ3) is 2.57. The quantitative estimate of drug-likeness (QED) is 0.633. The summed E-state index contributed by atoms with van der Waals surface area (Å²) in [6.45, 7) is 4.34. The van der Waals surface area contributed by atoms with E-state index < -0.39 is 0 Å². The number of aromatic nitrogens is 1. The standard InChI is InChI=1S/C24H22N2O/c1-24(2)12-19-23(20(27)13-24)21(16-7-5-11-25-14-16)22-17-8-4-3-6-15(17)9-10-18(22)26-19/h3-11,14,21,26H,12-13H2,1-2H3. The molecule has 3 nitrogen and oxygen atoms in total. The number of carbonyl (C=O) groups excluding carboxylic acids is 1. The molecule has 2 aliphatic rings. The Kier molecular flexibility index (Phi) is 3.48. The molecule has 0 saturated carbocycles. The zero-order chi connectivity index (χ0) is 18.6. The molecule has 1 unspecified atom stereocenters. The van der Waals surface area contributed by atoms with Gasteiger partial charge in [0.1, 0.15) is 0 Å². The van der Waals surface area contributed by atoms with Gasteiger partial charge in [0, 0.05) is 41.7 Å². The van der Waals surface area contributed by atoms with E-state index in [-0.39, 0.29) is 17.1 Å². The third-order valence-electron chi connectivity index (χ3n) is 5.77. The van der Waals surface area contributed by atoms with Crippen LogP contribution < -0.4 is 5.32 Å². The van der Waals surface area contributed by atoms with Crippen molar-refractivity contribution in [3.05, 3.63) is 83.3 Å². The average Bonchev–Trinajstić information content (AvgIpc) is 2.66. The molecule has 0 bridgehead atoms. The zero-order valence-electron chi connectivity index (χ0n) is 15.6. The predicted molar refractivity (Wildman–Crippen MR) is 109 cm³/mol. The van der Waals surface area contributed by atoms with Crippen LogP contribution in [0.2, 0.25) is 0 Å². The van der Waals surface area contributed by atoms with E-state index in [0.29, 0.717) is 6.42 Å². The number of allylic oxidation sites excluding steroid dienone is 2. The number of hydrogen-bond donors (Lipinski definition) is 1. The summed E-state index contributed by atoms with van der Waals surface area (Å²) in [4.78, 5) is 17.6. The highest BCUT2D eigenvalue weighted by molar-refractivity contribution is 6.04. The van der Waals surface area contributed by atoms with Crippen LogP contribution in [0.4, 0.5) is 5.69 Å². The summed E-state index contributed by atoms with van der Waals surface area (Å²) in [6.07, 6.45) is 5.16. The molecular formula is C24H22N2O. The van der Waals surface area contributed by atoms with Crippen molar-refractivity contribution >= 4 is 22.2 Å². The van der Waals surface area contributed by atoms with Gasteiger partial charge in [-0.1, -0.05) is 50.2 Å². The van der Waals surface area contributed by atoms with Crippen molar-refractivity contribution in [3.63, 3.8) is 0 Å². The van der Waals surface area contributed by atoms with Crippen molar-refractivity contribution < 1.29 is 4.79 Å². The number of fused-ring (bicyclic) bond motifs is 3. The maximum atomic E-state index is 13.3. The second kappa shape index (κ2) is 5.78. The van der Waals surface area contributed by atoms with Crippen molar-refractivity contribution in [3.8, 4) is 0 Å². The fourth-order valence-corrected chi connectivity index (χ4v) is 4.68. The lowest BCUT2D eigenvalue weighted by Crippen LogP contribution is -2.33. The Morgan fingerprint density at radius 1 is 1.04 bits per heavy atom. The van der Waals surface area contributed by atoms with Crippen molar-refractivity contribution in [2.45, 2.75) is 32.6 Å². The van der Waals surface area contributed by atoms with Gasteiger partial charge in [0.05, 0.1) is 0 Å². The molecule has 0 spiro atoms. The number of ketones is 1.